The molecule has 0 aliphatic rings. The number of alkyl halides is 3. The van der Waals surface area contributed by atoms with Gasteiger partial charge in [-0.3, -0.25) is 9.59 Å². The lowest BCUT2D eigenvalue weighted by Gasteiger charge is -2.18. The van der Waals surface area contributed by atoms with Crippen LogP contribution in [0.3, 0.4) is 0 Å². The van der Waals surface area contributed by atoms with Gasteiger partial charge in [0.25, 0.3) is 5.91 Å². The number of aliphatic carboxylic acids is 1. The molecule has 3 aromatic carbocycles. The Morgan fingerprint density at radius 2 is 1.60 bits per heavy atom. The summed E-state index contributed by atoms with van der Waals surface area (Å²) in [6, 6.07) is 17.7. The van der Waals surface area contributed by atoms with E-state index in [-0.39, 0.29) is 36.0 Å². The molecular weight excluding hydrogens is 632 g/mol. The molecular formula is C36H36F4N2O6. The van der Waals surface area contributed by atoms with Gasteiger partial charge in [0.05, 0.1) is 31.3 Å². The van der Waals surface area contributed by atoms with Crippen molar-refractivity contribution in [3.8, 4) is 28.0 Å². The third-order valence-electron chi connectivity index (χ3n) is 7.59. The van der Waals surface area contributed by atoms with Crippen molar-refractivity contribution in [3.63, 3.8) is 0 Å². The van der Waals surface area contributed by atoms with Crippen molar-refractivity contribution in [1.29, 1.82) is 0 Å². The molecule has 1 heterocycles. The van der Waals surface area contributed by atoms with E-state index in [1.165, 1.54) is 30.3 Å². The first-order valence-electron chi connectivity index (χ1n) is 15.1. The quantitative estimate of drug-likeness (QED) is 0.113. The van der Waals surface area contributed by atoms with Crippen LogP contribution < -0.4 is 10.1 Å². The number of nitrogens with zero attached hydrogens (tertiary/aromatic N) is 1. The Hall–Kier alpha value is -4.94. The van der Waals surface area contributed by atoms with Gasteiger partial charge in [0.1, 0.15) is 17.3 Å². The molecule has 0 aliphatic carbocycles. The highest BCUT2D eigenvalue weighted by molar-refractivity contribution is 6.06. The van der Waals surface area contributed by atoms with Crippen molar-refractivity contribution in [2.45, 2.75) is 57.7 Å². The van der Waals surface area contributed by atoms with Crippen molar-refractivity contribution in [2.24, 2.45) is 0 Å². The van der Waals surface area contributed by atoms with Gasteiger partial charge >= 0.3 is 12.1 Å². The van der Waals surface area contributed by atoms with Crippen molar-refractivity contribution < 1.29 is 47.2 Å². The first-order chi connectivity index (χ1) is 22.7. The van der Waals surface area contributed by atoms with Crippen LogP contribution in [0.4, 0.5) is 17.6 Å². The Kier molecular flexibility index (Phi) is 11.5. The van der Waals surface area contributed by atoms with Gasteiger partial charge in [-0.25, -0.2) is 4.39 Å². The van der Waals surface area contributed by atoms with E-state index in [4.69, 9.17) is 9.84 Å². The SMILES string of the molecule is COc1ccc(CNC(=O)c2c(-c3ccccc3)c(-c3ccc(F)cc3)c(/C=C/[C@@H](O)C[C@@H](O)CC(=O)O)n2C(C)C)cc1C(F)(F)F. The van der Waals surface area contributed by atoms with Crippen molar-refractivity contribution in [1.82, 2.24) is 9.88 Å². The number of aromatic nitrogens is 1. The Morgan fingerprint density at radius 3 is 2.19 bits per heavy atom. The Bertz CT molecular complexity index is 1770. The lowest BCUT2D eigenvalue weighted by molar-refractivity contribution is -0.140. The summed E-state index contributed by atoms with van der Waals surface area (Å²) in [5.41, 5.74) is 1.94. The standard InChI is InChI=1S/C36H36F4N2O6/c1-21(2)42-29(15-14-26(43)18-27(44)19-31(45)46)32(24-10-12-25(37)13-11-24)33(23-7-5-4-6-8-23)34(42)35(47)41-20-22-9-16-30(48-3)28(17-22)36(38,39)40/h4-17,21,26-27,43-44H,18-20H2,1-3H3,(H,41,47)(H,45,46)/b15-14+/t26-,27-/m1/s1. The summed E-state index contributed by atoms with van der Waals surface area (Å²) in [6.07, 6.45) is -5.15. The summed E-state index contributed by atoms with van der Waals surface area (Å²) in [4.78, 5) is 25.2. The highest BCUT2D eigenvalue weighted by Crippen LogP contribution is 2.43. The van der Waals surface area contributed by atoms with Crippen LogP contribution in [-0.2, 0) is 17.5 Å². The number of carboxylic acids is 1. The lowest BCUT2D eigenvalue weighted by Crippen LogP contribution is -2.27. The summed E-state index contributed by atoms with van der Waals surface area (Å²) in [7, 11) is 1.14. The monoisotopic (exact) mass is 668 g/mol. The van der Waals surface area contributed by atoms with Gasteiger partial charge < -0.3 is 29.9 Å². The number of benzene rings is 3. The predicted octanol–water partition coefficient (Wildman–Crippen LogP) is 7.10. The topological polar surface area (TPSA) is 121 Å². The summed E-state index contributed by atoms with van der Waals surface area (Å²) >= 11 is 0. The number of nitrogens with one attached hydrogen (secondary N) is 1. The molecule has 0 bridgehead atoms. The van der Waals surface area contributed by atoms with Gasteiger partial charge in [-0.1, -0.05) is 54.6 Å². The molecule has 12 heteroatoms. The zero-order valence-corrected chi connectivity index (χ0v) is 26.5. The van der Waals surface area contributed by atoms with E-state index in [2.05, 4.69) is 5.32 Å². The maximum absolute atomic E-state index is 14.2. The smallest absolute Gasteiger partial charge is 0.419 e. The van der Waals surface area contributed by atoms with Crippen molar-refractivity contribution in [3.05, 3.63) is 107 Å². The molecule has 0 fully saturated rings. The minimum Gasteiger partial charge on any atom is -0.496 e. The van der Waals surface area contributed by atoms with Crippen LogP contribution in [0.25, 0.3) is 28.3 Å². The van der Waals surface area contributed by atoms with Crippen LogP contribution in [0.5, 0.6) is 5.75 Å². The second-order valence-corrected chi connectivity index (χ2v) is 11.4. The van der Waals surface area contributed by atoms with Crippen molar-refractivity contribution >= 4 is 18.0 Å². The van der Waals surface area contributed by atoms with E-state index in [0.29, 0.717) is 27.9 Å². The van der Waals surface area contributed by atoms with Gasteiger partial charge in [-0.15, -0.1) is 0 Å². The van der Waals surface area contributed by atoms with Crippen LogP contribution in [0, 0.1) is 5.82 Å². The fraction of sp³-hybridized carbons (Fsp3) is 0.278. The maximum Gasteiger partial charge on any atom is 0.419 e. The molecule has 0 aliphatic heterocycles. The largest absolute Gasteiger partial charge is 0.496 e. The molecule has 4 N–H and O–H groups in total. The minimum atomic E-state index is -4.68. The van der Waals surface area contributed by atoms with Gasteiger partial charge in [0.2, 0.25) is 0 Å². The predicted molar refractivity (Wildman–Crippen MR) is 173 cm³/mol. The number of carbonyl (C=O) groups excluding carboxylic acids is 1. The third-order valence-corrected chi connectivity index (χ3v) is 7.59. The van der Waals surface area contributed by atoms with E-state index in [1.54, 1.807) is 53.1 Å². The zero-order chi connectivity index (χ0) is 35.2. The molecule has 4 rings (SSSR count). The second-order valence-electron chi connectivity index (χ2n) is 11.4. The lowest BCUT2D eigenvalue weighted by atomic mass is 9.94. The molecule has 0 saturated carbocycles. The maximum atomic E-state index is 14.2. The number of ether oxygens (including phenoxy) is 1. The van der Waals surface area contributed by atoms with Crippen LogP contribution in [0.2, 0.25) is 0 Å². The van der Waals surface area contributed by atoms with Crippen LogP contribution >= 0.6 is 0 Å². The van der Waals surface area contributed by atoms with Crippen LogP contribution in [-0.4, -0.2) is 51.1 Å². The number of methoxy groups -OCH3 is 1. The number of rotatable bonds is 13. The molecule has 4 aromatic rings. The van der Waals surface area contributed by atoms with Gasteiger partial charge in [0.15, 0.2) is 0 Å². The molecule has 1 aromatic heterocycles. The first kappa shape index (κ1) is 35.9. The fourth-order valence-corrected chi connectivity index (χ4v) is 5.52. The Balaban J connectivity index is 1.89. The molecule has 1 amide bonds. The van der Waals surface area contributed by atoms with Gasteiger partial charge in [-0.2, -0.15) is 13.2 Å². The molecule has 48 heavy (non-hydrogen) atoms. The first-order valence-corrected chi connectivity index (χ1v) is 15.1. The molecule has 0 unspecified atom stereocenters. The number of amides is 1. The van der Waals surface area contributed by atoms with E-state index in [0.717, 1.165) is 13.2 Å². The number of aliphatic hydroxyl groups excluding tert-OH is 2. The number of hydrogen-bond donors (Lipinski definition) is 4. The fourth-order valence-electron chi connectivity index (χ4n) is 5.52. The van der Waals surface area contributed by atoms with E-state index in [9.17, 15) is 37.4 Å². The van der Waals surface area contributed by atoms with Crippen LogP contribution in [0.15, 0.2) is 78.9 Å². The normalized spacial score (nSPS) is 13.1. The average molecular weight is 669 g/mol. The van der Waals surface area contributed by atoms with Gasteiger partial charge in [-0.05, 0) is 60.9 Å². The third kappa shape index (κ3) is 8.50. The van der Waals surface area contributed by atoms with E-state index < -0.39 is 48.1 Å². The van der Waals surface area contributed by atoms with Crippen LogP contribution in [0.1, 0.15) is 60.0 Å². The average Bonchev–Trinajstić information content (AvgIpc) is 3.38. The molecule has 0 saturated heterocycles. The molecule has 0 radical (unpaired) electrons. The number of carbonyl (C=O) groups is 2. The summed E-state index contributed by atoms with van der Waals surface area (Å²) < 4.78 is 61.7. The Morgan fingerprint density at radius 1 is 0.958 bits per heavy atom. The second kappa shape index (κ2) is 15.3. The van der Waals surface area contributed by atoms with Gasteiger partial charge in [0, 0.05) is 35.8 Å². The van der Waals surface area contributed by atoms with E-state index in [1.807, 2.05) is 13.8 Å². The minimum absolute atomic E-state index is 0.167. The summed E-state index contributed by atoms with van der Waals surface area (Å²) in [5, 5.41) is 32.5. The molecule has 254 valence electrons. The van der Waals surface area contributed by atoms with Crippen molar-refractivity contribution in [2.75, 3.05) is 7.11 Å². The Labute approximate surface area is 274 Å². The highest BCUT2D eigenvalue weighted by atomic mass is 19.4. The molecule has 2 atom stereocenters. The molecule has 0 spiro atoms. The summed E-state index contributed by atoms with van der Waals surface area (Å²) in [5.74, 6) is -2.67. The number of carboxylic acid groups (broad SMARTS) is 1. The number of halogens is 4. The summed E-state index contributed by atoms with van der Waals surface area (Å²) in [6.45, 7) is 3.40. The number of hydrogen-bond acceptors (Lipinski definition) is 5. The zero-order valence-electron chi connectivity index (χ0n) is 26.5. The molecule has 8 nitrogen and oxygen atoms in total. The van der Waals surface area contributed by atoms with E-state index >= 15 is 0 Å². The highest BCUT2D eigenvalue weighted by Gasteiger charge is 2.35. The number of aliphatic hydroxyl groups is 2.